The van der Waals surface area contributed by atoms with Crippen molar-refractivity contribution in [2.45, 2.75) is 38.9 Å². The number of aryl methyl sites for hydroxylation is 2. The molecule has 8 nitrogen and oxygen atoms in total. The Bertz CT molecular complexity index is 1520. The standard InChI is InChI=1S/C14H17BFNO4.C8H5BrFNO2/c1-13(2)14(3,4)21-15(20-13)8-6-10-11(7-9(8)16)19-12(18)17(10)5;1-11-6-2-4(9)5(10)3-7(6)13-8(11)12/h6-7H,1-5H3;2-3H,1H3. The summed E-state index contributed by atoms with van der Waals surface area (Å²) < 4.78 is 51.7. The number of hydrogen-bond donors (Lipinski definition) is 0. The van der Waals surface area contributed by atoms with Crippen LogP contribution >= 0.6 is 15.9 Å². The number of aromatic nitrogens is 2. The van der Waals surface area contributed by atoms with Crippen molar-refractivity contribution in [1.82, 2.24) is 9.13 Å². The molecule has 0 bridgehead atoms. The van der Waals surface area contributed by atoms with Crippen molar-refractivity contribution in [3.8, 4) is 0 Å². The van der Waals surface area contributed by atoms with Crippen molar-refractivity contribution >= 4 is 50.7 Å². The van der Waals surface area contributed by atoms with Gasteiger partial charge in [0, 0.05) is 31.7 Å². The molecule has 12 heteroatoms. The molecule has 4 aromatic rings. The summed E-state index contributed by atoms with van der Waals surface area (Å²) in [7, 11) is 2.32. The molecule has 180 valence electrons. The molecular weight excluding hydrogens is 517 g/mol. The van der Waals surface area contributed by atoms with Crippen LogP contribution in [0.2, 0.25) is 0 Å². The summed E-state index contributed by atoms with van der Waals surface area (Å²) in [5.74, 6) is -1.99. The number of hydrogen-bond acceptors (Lipinski definition) is 6. The minimum Gasteiger partial charge on any atom is -0.408 e. The van der Waals surface area contributed by atoms with E-state index in [-0.39, 0.29) is 16.6 Å². The van der Waals surface area contributed by atoms with E-state index in [1.54, 1.807) is 14.1 Å². The van der Waals surface area contributed by atoms with Crippen LogP contribution in [0.15, 0.2) is 47.2 Å². The molecule has 0 radical (unpaired) electrons. The molecule has 3 heterocycles. The molecule has 0 aliphatic carbocycles. The topological polar surface area (TPSA) is 88.7 Å². The first-order valence-electron chi connectivity index (χ1n) is 10.3. The Morgan fingerprint density at radius 3 is 1.74 bits per heavy atom. The third-order valence-electron chi connectivity index (χ3n) is 6.25. The molecule has 0 unspecified atom stereocenters. The molecular formula is C22H22BBrF2N2O6. The maximum atomic E-state index is 14.3. The third-order valence-corrected chi connectivity index (χ3v) is 6.86. The second kappa shape index (κ2) is 8.21. The van der Waals surface area contributed by atoms with Crippen molar-refractivity contribution in [2.24, 2.45) is 14.1 Å². The molecule has 2 aromatic heterocycles. The van der Waals surface area contributed by atoms with Crippen LogP contribution in [0.3, 0.4) is 0 Å². The number of oxazole rings is 2. The average Bonchev–Trinajstić information content (AvgIpc) is 3.24. The Labute approximate surface area is 201 Å². The fraction of sp³-hybridized carbons (Fsp3) is 0.364. The minimum absolute atomic E-state index is 0.209. The second-order valence-electron chi connectivity index (χ2n) is 9.02. The third kappa shape index (κ3) is 4.03. The SMILES string of the molecule is Cn1c(=O)oc2cc(F)c(B3OC(C)(C)C(C)(C)O3)cc21.Cn1c(=O)oc2cc(F)c(Br)cc21. The van der Waals surface area contributed by atoms with Crippen LogP contribution in [0, 0.1) is 11.6 Å². The zero-order valence-electron chi connectivity index (χ0n) is 19.4. The summed E-state index contributed by atoms with van der Waals surface area (Å²) in [6.07, 6.45) is 0. The molecule has 0 N–H and O–H groups in total. The van der Waals surface area contributed by atoms with Gasteiger partial charge in [-0.05, 0) is 55.8 Å². The Kier molecular flexibility index (Phi) is 5.90. The Morgan fingerprint density at radius 1 is 0.794 bits per heavy atom. The van der Waals surface area contributed by atoms with Gasteiger partial charge in [0.15, 0.2) is 11.2 Å². The summed E-state index contributed by atoms with van der Waals surface area (Å²) in [4.78, 5) is 22.5. The molecule has 1 saturated heterocycles. The first-order chi connectivity index (χ1) is 15.7. The lowest BCUT2D eigenvalue weighted by Crippen LogP contribution is -2.41. The quantitative estimate of drug-likeness (QED) is 0.344. The predicted molar refractivity (Wildman–Crippen MR) is 126 cm³/mol. The Hall–Kier alpha value is -2.70. The summed E-state index contributed by atoms with van der Waals surface area (Å²) in [6.45, 7) is 7.60. The molecule has 1 aliphatic heterocycles. The molecule has 5 rings (SSSR count). The number of benzene rings is 2. The fourth-order valence-electron chi connectivity index (χ4n) is 3.44. The molecule has 0 amide bonds. The maximum Gasteiger partial charge on any atom is 0.497 e. The van der Waals surface area contributed by atoms with E-state index in [2.05, 4.69) is 15.9 Å². The zero-order chi connectivity index (χ0) is 25.2. The van der Waals surface area contributed by atoms with Gasteiger partial charge in [0.1, 0.15) is 11.6 Å². The van der Waals surface area contributed by atoms with Gasteiger partial charge in [-0.2, -0.15) is 0 Å². The minimum atomic E-state index is -0.815. The number of rotatable bonds is 1. The van der Waals surface area contributed by atoms with Crippen molar-refractivity contribution in [1.29, 1.82) is 0 Å². The lowest BCUT2D eigenvalue weighted by molar-refractivity contribution is 0.00578. The van der Waals surface area contributed by atoms with Crippen molar-refractivity contribution in [2.75, 3.05) is 0 Å². The molecule has 34 heavy (non-hydrogen) atoms. The van der Waals surface area contributed by atoms with Gasteiger partial charge in [0.25, 0.3) is 0 Å². The Balaban J connectivity index is 0.000000180. The van der Waals surface area contributed by atoms with Crippen LogP contribution in [0.4, 0.5) is 8.78 Å². The van der Waals surface area contributed by atoms with Gasteiger partial charge in [0.2, 0.25) is 0 Å². The van der Waals surface area contributed by atoms with Gasteiger partial charge in [0.05, 0.1) is 26.7 Å². The van der Waals surface area contributed by atoms with E-state index >= 15 is 0 Å². The van der Waals surface area contributed by atoms with Crippen LogP contribution < -0.4 is 17.0 Å². The number of fused-ring (bicyclic) bond motifs is 2. The summed E-state index contributed by atoms with van der Waals surface area (Å²) in [6, 6.07) is 5.42. The molecule has 0 spiro atoms. The van der Waals surface area contributed by atoms with E-state index in [1.807, 2.05) is 27.7 Å². The molecule has 0 saturated carbocycles. The first kappa shape index (κ1) is 24.4. The van der Waals surface area contributed by atoms with Crippen molar-refractivity contribution in [3.05, 3.63) is 61.5 Å². The highest BCUT2D eigenvalue weighted by Gasteiger charge is 2.52. The largest absolute Gasteiger partial charge is 0.497 e. The van der Waals surface area contributed by atoms with Crippen LogP contribution in [-0.4, -0.2) is 27.5 Å². The molecule has 1 fully saturated rings. The van der Waals surface area contributed by atoms with Crippen molar-refractivity contribution < 1.29 is 26.9 Å². The van der Waals surface area contributed by atoms with Crippen LogP contribution in [0.1, 0.15) is 27.7 Å². The van der Waals surface area contributed by atoms with Gasteiger partial charge in [-0.1, -0.05) is 0 Å². The van der Waals surface area contributed by atoms with Gasteiger partial charge in [-0.3, -0.25) is 9.13 Å². The Morgan fingerprint density at radius 2 is 1.24 bits per heavy atom. The van der Waals surface area contributed by atoms with Crippen LogP contribution in [0.25, 0.3) is 22.2 Å². The highest BCUT2D eigenvalue weighted by atomic mass is 79.9. The average molecular weight is 539 g/mol. The number of nitrogens with zero attached hydrogens (tertiary/aromatic N) is 2. The smallest absolute Gasteiger partial charge is 0.408 e. The molecule has 2 aromatic carbocycles. The van der Waals surface area contributed by atoms with Gasteiger partial charge < -0.3 is 18.1 Å². The highest BCUT2D eigenvalue weighted by molar-refractivity contribution is 9.10. The van der Waals surface area contributed by atoms with E-state index in [0.717, 1.165) is 0 Å². The summed E-state index contributed by atoms with van der Waals surface area (Å²) >= 11 is 3.03. The normalized spacial score (nSPS) is 16.8. The monoisotopic (exact) mass is 538 g/mol. The van der Waals surface area contributed by atoms with Crippen LogP contribution in [0.5, 0.6) is 0 Å². The lowest BCUT2D eigenvalue weighted by Gasteiger charge is -2.32. The summed E-state index contributed by atoms with van der Waals surface area (Å²) in [5.41, 5.74) is 0.693. The van der Waals surface area contributed by atoms with Crippen LogP contribution in [-0.2, 0) is 23.4 Å². The lowest BCUT2D eigenvalue weighted by atomic mass is 9.78. The molecule has 1 aliphatic rings. The maximum absolute atomic E-state index is 14.3. The fourth-order valence-corrected chi connectivity index (χ4v) is 3.77. The van der Waals surface area contributed by atoms with E-state index in [4.69, 9.17) is 18.1 Å². The van der Waals surface area contributed by atoms with E-state index in [9.17, 15) is 18.4 Å². The van der Waals surface area contributed by atoms with Gasteiger partial charge in [-0.25, -0.2) is 18.4 Å². The highest BCUT2D eigenvalue weighted by Crippen LogP contribution is 2.36. The predicted octanol–water partition coefficient (Wildman–Crippen LogP) is 3.60. The number of halogens is 3. The van der Waals surface area contributed by atoms with E-state index in [1.165, 1.54) is 33.4 Å². The van der Waals surface area contributed by atoms with Gasteiger partial charge >= 0.3 is 18.6 Å². The van der Waals surface area contributed by atoms with Gasteiger partial charge in [-0.15, -0.1) is 0 Å². The zero-order valence-corrected chi connectivity index (χ0v) is 21.0. The van der Waals surface area contributed by atoms with Crippen molar-refractivity contribution in [3.63, 3.8) is 0 Å². The summed E-state index contributed by atoms with van der Waals surface area (Å²) in [5, 5.41) is 0. The van der Waals surface area contributed by atoms with E-state index < -0.39 is 41.5 Å². The molecule has 0 atom stereocenters. The first-order valence-corrected chi connectivity index (χ1v) is 11.1. The second-order valence-corrected chi connectivity index (χ2v) is 9.87. The van der Waals surface area contributed by atoms with E-state index in [0.29, 0.717) is 15.5 Å².